The van der Waals surface area contributed by atoms with Crippen LogP contribution in [0.4, 0.5) is 0 Å². The third-order valence-electron chi connectivity index (χ3n) is 3.80. The van der Waals surface area contributed by atoms with Crippen molar-refractivity contribution in [1.29, 1.82) is 0 Å². The van der Waals surface area contributed by atoms with Gasteiger partial charge in [0, 0.05) is 5.39 Å². The predicted octanol–water partition coefficient (Wildman–Crippen LogP) is 1.61. The molecule has 6 heteroatoms. The molecule has 0 atom stereocenters. The first kappa shape index (κ1) is 20.3. The second-order valence-corrected chi connectivity index (χ2v) is 10.2. The number of phenolic OH excluding ortho intramolecular Hbond substituents is 1. The smallest absolute Gasteiger partial charge is 0.357 e. The maximum Gasteiger partial charge on any atom is 0.357 e. The third kappa shape index (κ3) is 5.31. The van der Waals surface area contributed by atoms with E-state index in [1.54, 1.807) is 24.3 Å². The number of fused-ring (bicyclic) bond motifs is 1. The molecule has 0 fully saturated rings. The molecule has 0 aliphatic carbocycles. The van der Waals surface area contributed by atoms with Gasteiger partial charge in [0.15, 0.2) is 7.14 Å². The Labute approximate surface area is 174 Å². The molecule has 2 N–H and O–H groups in total. The highest BCUT2D eigenvalue weighted by atomic mass is 127. The van der Waals surface area contributed by atoms with E-state index in [0.29, 0.717) is 10.8 Å². The van der Waals surface area contributed by atoms with Crippen molar-refractivity contribution in [2.75, 3.05) is 0 Å². The Morgan fingerprint density at radius 2 is 1.14 bits per heavy atom. The summed E-state index contributed by atoms with van der Waals surface area (Å²) in [5.74, 6) is -0.448. The van der Waals surface area contributed by atoms with Gasteiger partial charge in [0.2, 0.25) is 0 Å². The SMILES string of the molecule is O=S(=O)(O)c1c(O)ccc2ccccc12.c1ccc([I+]c2ccccc2)cc1. The van der Waals surface area contributed by atoms with Gasteiger partial charge in [-0.3, -0.25) is 4.55 Å². The van der Waals surface area contributed by atoms with Crippen molar-refractivity contribution in [1.82, 2.24) is 0 Å². The van der Waals surface area contributed by atoms with Crippen molar-refractivity contribution >= 4 is 20.9 Å². The maximum absolute atomic E-state index is 11.1. The van der Waals surface area contributed by atoms with E-state index >= 15 is 0 Å². The topological polar surface area (TPSA) is 74.6 Å². The van der Waals surface area contributed by atoms with Crippen LogP contribution in [-0.4, -0.2) is 18.1 Å². The summed E-state index contributed by atoms with van der Waals surface area (Å²) < 4.78 is 34.1. The van der Waals surface area contributed by atoms with Crippen LogP contribution in [0.15, 0.2) is 102 Å². The minimum atomic E-state index is -4.41. The van der Waals surface area contributed by atoms with Crippen LogP contribution in [0.3, 0.4) is 0 Å². The molecule has 0 heterocycles. The fraction of sp³-hybridized carbons (Fsp3) is 0. The molecule has 0 spiro atoms. The number of benzene rings is 4. The summed E-state index contributed by atoms with van der Waals surface area (Å²) >= 11 is 0.0287. The molecule has 0 aromatic heterocycles. The van der Waals surface area contributed by atoms with E-state index in [2.05, 4.69) is 60.7 Å². The van der Waals surface area contributed by atoms with Gasteiger partial charge in [-0.15, -0.1) is 0 Å². The zero-order valence-electron chi connectivity index (χ0n) is 14.7. The summed E-state index contributed by atoms with van der Waals surface area (Å²) in [6.45, 7) is 0. The van der Waals surface area contributed by atoms with E-state index < -0.39 is 20.8 Å². The minimum Gasteiger partial charge on any atom is -0.506 e. The maximum atomic E-state index is 11.1. The zero-order chi connectivity index (χ0) is 20.0. The number of hydrogen-bond acceptors (Lipinski definition) is 3. The Kier molecular flexibility index (Phi) is 6.66. The first-order valence-corrected chi connectivity index (χ1v) is 12.0. The van der Waals surface area contributed by atoms with Crippen LogP contribution in [0.5, 0.6) is 5.75 Å². The van der Waals surface area contributed by atoms with Crippen LogP contribution in [0, 0.1) is 7.14 Å². The Morgan fingerprint density at radius 3 is 1.68 bits per heavy atom. The molecule has 28 heavy (non-hydrogen) atoms. The summed E-state index contributed by atoms with van der Waals surface area (Å²) in [6.07, 6.45) is 0. The van der Waals surface area contributed by atoms with Crippen molar-refractivity contribution < 1.29 is 39.3 Å². The largest absolute Gasteiger partial charge is 0.506 e. The van der Waals surface area contributed by atoms with Crippen molar-refractivity contribution in [3.05, 3.63) is 104 Å². The molecule has 0 bridgehead atoms. The monoisotopic (exact) mass is 505 g/mol. The quantitative estimate of drug-likeness (QED) is 0.328. The van der Waals surface area contributed by atoms with E-state index in [0.717, 1.165) is 0 Å². The molecule has 4 nitrogen and oxygen atoms in total. The van der Waals surface area contributed by atoms with E-state index in [-0.39, 0.29) is 21.2 Å². The van der Waals surface area contributed by atoms with Gasteiger partial charge >= 0.3 is 21.2 Å². The van der Waals surface area contributed by atoms with Gasteiger partial charge in [-0.05, 0) is 35.7 Å². The minimum absolute atomic E-state index is 0.0287. The fourth-order valence-electron chi connectivity index (χ4n) is 2.58. The number of hydrogen-bond donors (Lipinski definition) is 2. The molecule has 0 unspecified atom stereocenters. The van der Waals surface area contributed by atoms with Crippen LogP contribution in [0.2, 0.25) is 0 Å². The van der Waals surface area contributed by atoms with E-state index in [1.807, 2.05) is 0 Å². The van der Waals surface area contributed by atoms with Gasteiger partial charge in [0.25, 0.3) is 10.1 Å². The predicted molar refractivity (Wildman–Crippen MR) is 106 cm³/mol. The fourth-order valence-corrected chi connectivity index (χ4v) is 5.65. The zero-order valence-corrected chi connectivity index (χ0v) is 17.7. The molecule has 0 aliphatic rings. The van der Waals surface area contributed by atoms with Gasteiger partial charge in [-0.25, -0.2) is 0 Å². The Morgan fingerprint density at radius 1 is 0.643 bits per heavy atom. The second kappa shape index (κ2) is 9.18. The van der Waals surface area contributed by atoms with E-state index in [1.165, 1.54) is 19.3 Å². The van der Waals surface area contributed by atoms with Gasteiger partial charge in [0.05, 0.1) is 0 Å². The highest BCUT2D eigenvalue weighted by Gasteiger charge is 2.18. The average molecular weight is 505 g/mol. The highest BCUT2D eigenvalue weighted by Crippen LogP contribution is 2.30. The van der Waals surface area contributed by atoms with Crippen LogP contribution in [0.1, 0.15) is 0 Å². The highest BCUT2D eigenvalue weighted by molar-refractivity contribution is 7.86. The molecule has 0 saturated carbocycles. The number of phenols is 1. The third-order valence-corrected chi connectivity index (χ3v) is 7.43. The molecule has 4 aromatic rings. The first-order valence-electron chi connectivity index (χ1n) is 8.38. The lowest BCUT2D eigenvalue weighted by Gasteiger charge is -2.05. The van der Waals surface area contributed by atoms with E-state index in [4.69, 9.17) is 4.55 Å². The second-order valence-electron chi connectivity index (χ2n) is 5.80. The number of aromatic hydroxyl groups is 1. The summed E-state index contributed by atoms with van der Waals surface area (Å²) in [5.41, 5.74) is 0. The van der Waals surface area contributed by atoms with Gasteiger partial charge in [-0.2, -0.15) is 8.42 Å². The van der Waals surface area contributed by atoms with Gasteiger partial charge in [0.1, 0.15) is 10.6 Å². The van der Waals surface area contributed by atoms with Crippen molar-refractivity contribution in [2.45, 2.75) is 4.90 Å². The van der Waals surface area contributed by atoms with Crippen LogP contribution in [0.25, 0.3) is 10.8 Å². The van der Waals surface area contributed by atoms with Crippen LogP contribution in [-0.2, 0) is 10.1 Å². The number of halogens is 1. The molecule has 0 amide bonds. The molecule has 0 radical (unpaired) electrons. The molecular formula is C22H18IO4S+. The van der Waals surface area contributed by atoms with E-state index in [9.17, 15) is 13.5 Å². The summed E-state index contributed by atoms with van der Waals surface area (Å²) in [6, 6.07) is 30.8. The Bertz CT molecular complexity index is 1120. The summed E-state index contributed by atoms with van der Waals surface area (Å²) in [4.78, 5) is -0.444. The molecule has 0 aliphatic heterocycles. The molecule has 142 valence electrons. The van der Waals surface area contributed by atoms with Crippen LogP contribution < -0.4 is 21.2 Å². The van der Waals surface area contributed by atoms with Gasteiger partial charge < -0.3 is 5.11 Å². The number of rotatable bonds is 3. The lowest BCUT2D eigenvalue weighted by molar-refractivity contribution is -0.597. The Balaban J connectivity index is 0.000000162. The summed E-state index contributed by atoms with van der Waals surface area (Å²) in [7, 11) is -4.41. The van der Waals surface area contributed by atoms with Crippen molar-refractivity contribution in [3.63, 3.8) is 0 Å². The van der Waals surface area contributed by atoms with Crippen molar-refractivity contribution in [3.8, 4) is 5.75 Å². The standard InChI is InChI=1S/C12H10I.C10H8O4S/c1-3-7-11(8-4-1)13-12-9-5-2-6-10-12;11-9-6-5-7-3-1-2-4-8(7)10(9)15(12,13)14/h1-10H;1-6,11H,(H,12,13,14)/q+1;. The average Bonchev–Trinajstić information content (AvgIpc) is 2.69. The lowest BCUT2D eigenvalue weighted by atomic mass is 10.1. The molecule has 0 saturated heterocycles. The van der Waals surface area contributed by atoms with Crippen LogP contribution >= 0.6 is 0 Å². The molecular weight excluding hydrogens is 487 g/mol. The first-order chi connectivity index (χ1) is 13.4. The molecule has 4 rings (SSSR count). The van der Waals surface area contributed by atoms with Gasteiger partial charge in [-0.1, -0.05) is 66.7 Å². The Hall–Kier alpha value is -2.42. The molecule has 4 aromatic carbocycles. The normalized spacial score (nSPS) is 10.9. The summed E-state index contributed by atoms with van der Waals surface area (Å²) in [5, 5.41) is 10.4. The lowest BCUT2D eigenvalue weighted by Crippen LogP contribution is -3.61. The van der Waals surface area contributed by atoms with Crippen molar-refractivity contribution in [2.24, 2.45) is 0 Å².